The van der Waals surface area contributed by atoms with Crippen molar-refractivity contribution in [3.05, 3.63) is 35.4 Å². The Morgan fingerprint density at radius 3 is 2.21 bits per heavy atom. The van der Waals surface area contributed by atoms with Crippen LogP contribution in [0.25, 0.3) is 0 Å². The zero-order valence-electron chi connectivity index (χ0n) is 11.1. The molecule has 0 aliphatic carbocycles. The number of benzene rings is 1. The van der Waals surface area contributed by atoms with E-state index in [9.17, 15) is 9.59 Å². The number of amides is 1. The SMILES string of the molecule is CC(C)C[C@@H](NC(=O)c1ccc(CO)cc1)C(=O)O. The third-order valence-electron chi connectivity index (χ3n) is 2.71. The minimum Gasteiger partial charge on any atom is -0.480 e. The van der Waals surface area contributed by atoms with Crippen LogP contribution in [0.5, 0.6) is 0 Å². The van der Waals surface area contributed by atoms with Gasteiger partial charge in [0.15, 0.2) is 0 Å². The van der Waals surface area contributed by atoms with Crippen LogP contribution in [0.3, 0.4) is 0 Å². The Morgan fingerprint density at radius 1 is 1.21 bits per heavy atom. The standard InChI is InChI=1S/C14H19NO4/c1-9(2)7-12(14(18)19)15-13(17)11-5-3-10(8-16)4-6-11/h3-6,9,12,16H,7-8H2,1-2H3,(H,15,17)(H,18,19)/t12-/m1/s1. The van der Waals surface area contributed by atoms with Crippen LogP contribution >= 0.6 is 0 Å². The fraction of sp³-hybridized carbons (Fsp3) is 0.429. The molecule has 1 amide bonds. The second-order valence-corrected chi connectivity index (χ2v) is 4.85. The number of carbonyl (C=O) groups is 2. The number of hydrogen-bond acceptors (Lipinski definition) is 3. The van der Waals surface area contributed by atoms with Gasteiger partial charge in [0.2, 0.25) is 0 Å². The summed E-state index contributed by atoms with van der Waals surface area (Å²) in [6.07, 6.45) is 0.385. The number of hydrogen-bond donors (Lipinski definition) is 3. The third kappa shape index (κ3) is 4.71. The number of aliphatic carboxylic acids is 1. The van der Waals surface area contributed by atoms with Gasteiger partial charge in [0.25, 0.3) is 5.91 Å². The topological polar surface area (TPSA) is 86.6 Å². The van der Waals surface area contributed by atoms with Crippen LogP contribution in [0.1, 0.15) is 36.2 Å². The second-order valence-electron chi connectivity index (χ2n) is 4.85. The van der Waals surface area contributed by atoms with E-state index in [1.54, 1.807) is 24.3 Å². The first-order valence-corrected chi connectivity index (χ1v) is 6.17. The molecule has 5 nitrogen and oxygen atoms in total. The summed E-state index contributed by atoms with van der Waals surface area (Å²) < 4.78 is 0. The van der Waals surface area contributed by atoms with Crippen molar-refractivity contribution >= 4 is 11.9 Å². The van der Waals surface area contributed by atoms with Crippen molar-refractivity contribution in [1.29, 1.82) is 0 Å². The molecule has 0 saturated carbocycles. The highest BCUT2D eigenvalue weighted by atomic mass is 16.4. The molecule has 1 aromatic carbocycles. The van der Waals surface area contributed by atoms with Crippen LogP contribution in [0.4, 0.5) is 0 Å². The molecule has 0 radical (unpaired) electrons. The zero-order valence-corrected chi connectivity index (χ0v) is 11.1. The van der Waals surface area contributed by atoms with Crippen molar-refractivity contribution in [3.63, 3.8) is 0 Å². The number of rotatable bonds is 6. The maximum absolute atomic E-state index is 11.9. The van der Waals surface area contributed by atoms with E-state index in [0.29, 0.717) is 17.5 Å². The maximum Gasteiger partial charge on any atom is 0.326 e. The zero-order chi connectivity index (χ0) is 14.4. The molecule has 3 N–H and O–H groups in total. The number of carboxylic acid groups (broad SMARTS) is 1. The summed E-state index contributed by atoms with van der Waals surface area (Å²) in [6.45, 7) is 3.71. The fourth-order valence-corrected chi connectivity index (χ4v) is 1.70. The monoisotopic (exact) mass is 265 g/mol. The summed E-state index contributed by atoms with van der Waals surface area (Å²) in [5, 5.41) is 20.5. The van der Waals surface area contributed by atoms with Crippen molar-refractivity contribution in [1.82, 2.24) is 5.32 Å². The van der Waals surface area contributed by atoms with Gasteiger partial charge >= 0.3 is 5.97 Å². The van der Waals surface area contributed by atoms with Crippen LogP contribution in [0, 0.1) is 5.92 Å². The van der Waals surface area contributed by atoms with Crippen LogP contribution in [0.2, 0.25) is 0 Å². The molecule has 0 aliphatic rings. The largest absolute Gasteiger partial charge is 0.480 e. The normalized spacial score (nSPS) is 12.2. The lowest BCUT2D eigenvalue weighted by molar-refractivity contribution is -0.139. The Balaban J connectivity index is 2.72. The van der Waals surface area contributed by atoms with E-state index in [0.717, 1.165) is 0 Å². The second kappa shape index (κ2) is 6.89. The summed E-state index contributed by atoms with van der Waals surface area (Å²) in [5.74, 6) is -1.27. The molecule has 0 spiro atoms. The van der Waals surface area contributed by atoms with Gasteiger partial charge in [0.1, 0.15) is 6.04 Å². The van der Waals surface area contributed by atoms with Crippen molar-refractivity contribution in [3.8, 4) is 0 Å². The van der Waals surface area contributed by atoms with Crippen LogP contribution in [0.15, 0.2) is 24.3 Å². The molecule has 0 saturated heterocycles. The number of carboxylic acids is 1. The highest BCUT2D eigenvalue weighted by molar-refractivity contribution is 5.96. The highest BCUT2D eigenvalue weighted by Gasteiger charge is 2.21. The number of aliphatic hydroxyl groups is 1. The molecule has 1 aromatic rings. The lowest BCUT2D eigenvalue weighted by Gasteiger charge is -2.16. The van der Waals surface area contributed by atoms with E-state index in [1.165, 1.54) is 0 Å². The van der Waals surface area contributed by atoms with E-state index in [2.05, 4.69) is 5.32 Å². The molecular weight excluding hydrogens is 246 g/mol. The summed E-state index contributed by atoms with van der Waals surface area (Å²) in [6, 6.07) is 5.51. The van der Waals surface area contributed by atoms with E-state index >= 15 is 0 Å². The van der Waals surface area contributed by atoms with Gasteiger partial charge in [-0.15, -0.1) is 0 Å². The molecular formula is C14H19NO4. The molecule has 19 heavy (non-hydrogen) atoms. The van der Waals surface area contributed by atoms with Gasteiger partial charge in [-0.3, -0.25) is 4.79 Å². The van der Waals surface area contributed by atoms with Gasteiger partial charge in [-0.25, -0.2) is 4.79 Å². The van der Waals surface area contributed by atoms with E-state index in [4.69, 9.17) is 10.2 Å². The average Bonchev–Trinajstić information content (AvgIpc) is 2.37. The molecule has 0 heterocycles. The Morgan fingerprint density at radius 2 is 1.79 bits per heavy atom. The quantitative estimate of drug-likeness (QED) is 0.725. The molecule has 104 valence electrons. The van der Waals surface area contributed by atoms with Gasteiger partial charge in [0, 0.05) is 5.56 Å². The molecule has 1 atom stereocenters. The Kier molecular flexibility index (Phi) is 5.51. The van der Waals surface area contributed by atoms with Gasteiger partial charge in [-0.1, -0.05) is 26.0 Å². The molecule has 0 unspecified atom stereocenters. The fourth-order valence-electron chi connectivity index (χ4n) is 1.70. The molecule has 5 heteroatoms. The van der Waals surface area contributed by atoms with Crippen LogP contribution < -0.4 is 5.32 Å². The Labute approximate surface area is 112 Å². The summed E-state index contributed by atoms with van der Waals surface area (Å²) >= 11 is 0. The summed E-state index contributed by atoms with van der Waals surface area (Å²) in [4.78, 5) is 23.0. The van der Waals surface area contributed by atoms with E-state index in [1.807, 2.05) is 13.8 Å². The van der Waals surface area contributed by atoms with Crippen molar-refractivity contribution in [2.75, 3.05) is 0 Å². The first-order chi connectivity index (χ1) is 8.93. The number of nitrogens with one attached hydrogen (secondary N) is 1. The first kappa shape index (κ1) is 15.2. The molecule has 0 bridgehead atoms. The minimum atomic E-state index is -1.03. The van der Waals surface area contributed by atoms with Gasteiger partial charge in [0.05, 0.1) is 6.61 Å². The van der Waals surface area contributed by atoms with Gasteiger partial charge in [-0.05, 0) is 30.0 Å². The number of aliphatic hydroxyl groups excluding tert-OH is 1. The Hall–Kier alpha value is -1.88. The van der Waals surface area contributed by atoms with E-state index in [-0.39, 0.29) is 12.5 Å². The summed E-state index contributed by atoms with van der Waals surface area (Å²) in [5.41, 5.74) is 1.08. The minimum absolute atomic E-state index is 0.0903. The predicted molar refractivity (Wildman–Crippen MR) is 70.7 cm³/mol. The highest BCUT2D eigenvalue weighted by Crippen LogP contribution is 2.08. The van der Waals surface area contributed by atoms with E-state index < -0.39 is 17.9 Å². The molecule has 0 aromatic heterocycles. The lowest BCUT2D eigenvalue weighted by Crippen LogP contribution is -2.41. The maximum atomic E-state index is 11.9. The van der Waals surface area contributed by atoms with Crippen molar-refractivity contribution in [2.24, 2.45) is 5.92 Å². The predicted octanol–water partition coefficient (Wildman–Crippen LogP) is 1.41. The Bertz CT molecular complexity index is 439. The molecule has 0 fully saturated rings. The van der Waals surface area contributed by atoms with Crippen molar-refractivity contribution in [2.45, 2.75) is 32.9 Å². The van der Waals surface area contributed by atoms with Gasteiger partial charge in [-0.2, -0.15) is 0 Å². The smallest absolute Gasteiger partial charge is 0.326 e. The number of carbonyl (C=O) groups excluding carboxylic acids is 1. The van der Waals surface area contributed by atoms with Crippen LogP contribution in [-0.2, 0) is 11.4 Å². The van der Waals surface area contributed by atoms with Gasteiger partial charge < -0.3 is 15.5 Å². The molecule has 1 rings (SSSR count). The van der Waals surface area contributed by atoms with Crippen LogP contribution in [-0.4, -0.2) is 28.1 Å². The third-order valence-corrected chi connectivity index (χ3v) is 2.71. The average molecular weight is 265 g/mol. The molecule has 0 aliphatic heterocycles. The first-order valence-electron chi connectivity index (χ1n) is 6.17. The summed E-state index contributed by atoms with van der Waals surface area (Å²) in [7, 11) is 0. The lowest BCUT2D eigenvalue weighted by atomic mass is 10.0. The van der Waals surface area contributed by atoms with Crippen molar-refractivity contribution < 1.29 is 19.8 Å².